The van der Waals surface area contributed by atoms with Crippen LogP contribution in [0.15, 0.2) is 6.07 Å². The lowest BCUT2D eigenvalue weighted by Crippen LogP contribution is -2.43. The van der Waals surface area contributed by atoms with Crippen LogP contribution >= 0.6 is 0 Å². The number of rotatable bonds is 3. The smallest absolute Gasteiger partial charge is 0.227 e. The fourth-order valence-electron chi connectivity index (χ4n) is 1.90. The maximum absolute atomic E-state index is 11.8. The normalized spacial score (nSPS) is 20.2. The minimum absolute atomic E-state index is 0.0176. The number of nitrogens with one attached hydrogen (secondary N) is 2. The number of carbonyl (C=O) groups is 1. The Morgan fingerprint density at radius 2 is 2.59 bits per heavy atom. The van der Waals surface area contributed by atoms with Gasteiger partial charge in [0.25, 0.3) is 0 Å². The summed E-state index contributed by atoms with van der Waals surface area (Å²) in [6, 6.07) is 1.96. The molecule has 0 spiro atoms. The summed E-state index contributed by atoms with van der Waals surface area (Å²) in [6.45, 7) is 4.02. The van der Waals surface area contributed by atoms with Crippen LogP contribution in [-0.2, 0) is 16.6 Å². The molecule has 0 bridgehead atoms. The fraction of sp³-hybridized carbons (Fsp3) is 0.636. The highest BCUT2D eigenvalue weighted by Crippen LogP contribution is 2.09. The number of hydrogen-bond acceptors (Lipinski definition) is 4. The minimum atomic E-state index is -0.0176. The Bertz CT molecular complexity index is 396. The van der Waals surface area contributed by atoms with Gasteiger partial charge in [0.1, 0.15) is 5.82 Å². The van der Waals surface area contributed by atoms with Crippen LogP contribution in [0.4, 0.5) is 5.82 Å². The van der Waals surface area contributed by atoms with Crippen molar-refractivity contribution in [2.75, 3.05) is 25.1 Å². The van der Waals surface area contributed by atoms with Crippen LogP contribution < -0.4 is 10.6 Å². The third-order valence-electron chi connectivity index (χ3n) is 2.70. The molecule has 17 heavy (non-hydrogen) atoms. The number of amides is 1. The molecule has 0 saturated carbocycles. The second-order valence-electron chi connectivity index (χ2n) is 4.27. The van der Waals surface area contributed by atoms with Gasteiger partial charge in [-0.15, -0.1) is 0 Å². The molecule has 1 amide bonds. The Balaban J connectivity index is 1.86. The molecule has 94 valence electrons. The molecular weight excluding hydrogens is 220 g/mol. The molecule has 6 heteroatoms. The van der Waals surface area contributed by atoms with Crippen molar-refractivity contribution >= 4 is 11.7 Å². The monoisotopic (exact) mass is 238 g/mol. The standard InChI is InChI=1S/C11H18N4O2/c1-8-5-10(15(2)14-8)13-11(16)6-9-7-17-4-3-12-9/h5,9,12H,3-4,6-7H2,1-2H3,(H,13,16). The van der Waals surface area contributed by atoms with Crippen molar-refractivity contribution in [3.63, 3.8) is 0 Å². The van der Waals surface area contributed by atoms with Crippen LogP contribution in [-0.4, -0.2) is 41.5 Å². The Labute approximate surface area is 100 Å². The second kappa shape index (κ2) is 5.29. The molecule has 6 nitrogen and oxygen atoms in total. The van der Waals surface area contributed by atoms with Crippen LogP contribution in [0.2, 0.25) is 0 Å². The van der Waals surface area contributed by atoms with Crippen molar-refractivity contribution in [2.45, 2.75) is 19.4 Å². The van der Waals surface area contributed by atoms with E-state index in [-0.39, 0.29) is 11.9 Å². The molecule has 2 rings (SSSR count). The van der Waals surface area contributed by atoms with Crippen LogP contribution in [0.25, 0.3) is 0 Å². The number of carbonyl (C=O) groups excluding carboxylic acids is 1. The highest BCUT2D eigenvalue weighted by molar-refractivity contribution is 5.90. The van der Waals surface area contributed by atoms with Crippen molar-refractivity contribution in [3.05, 3.63) is 11.8 Å². The zero-order valence-electron chi connectivity index (χ0n) is 10.2. The predicted molar refractivity (Wildman–Crippen MR) is 63.8 cm³/mol. The van der Waals surface area contributed by atoms with E-state index in [0.29, 0.717) is 13.0 Å². The van der Waals surface area contributed by atoms with Gasteiger partial charge in [0, 0.05) is 32.1 Å². The van der Waals surface area contributed by atoms with Gasteiger partial charge in [-0.3, -0.25) is 9.48 Å². The molecule has 1 aliphatic rings. The average Bonchev–Trinajstić information content (AvgIpc) is 2.58. The number of morpholine rings is 1. The first-order chi connectivity index (χ1) is 8.15. The molecule has 1 fully saturated rings. The van der Waals surface area contributed by atoms with E-state index in [4.69, 9.17) is 4.74 Å². The van der Waals surface area contributed by atoms with Crippen molar-refractivity contribution in [1.82, 2.24) is 15.1 Å². The van der Waals surface area contributed by atoms with Gasteiger partial charge in [-0.2, -0.15) is 5.10 Å². The van der Waals surface area contributed by atoms with E-state index in [1.165, 1.54) is 0 Å². The van der Waals surface area contributed by atoms with Gasteiger partial charge >= 0.3 is 0 Å². The van der Waals surface area contributed by atoms with Crippen molar-refractivity contribution in [2.24, 2.45) is 7.05 Å². The van der Waals surface area contributed by atoms with Gasteiger partial charge in [-0.1, -0.05) is 0 Å². The third-order valence-corrected chi connectivity index (χ3v) is 2.70. The second-order valence-corrected chi connectivity index (χ2v) is 4.27. The fourth-order valence-corrected chi connectivity index (χ4v) is 1.90. The number of aryl methyl sites for hydroxylation is 2. The summed E-state index contributed by atoms with van der Waals surface area (Å²) in [7, 11) is 1.81. The quantitative estimate of drug-likeness (QED) is 0.780. The lowest BCUT2D eigenvalue weighted by atomic mass is 10.2. The predicted octanol–water partition coefficient (Wildman–Crippen LogP) is 0.0455. The van der Waals surface area contributed by atoms with Crippen LogP contribution in [0.1, 0.15) is 12.1 Å². The first kappa shape index (κ1) is 12.1. The molecule has 1 aliphatic heterocycles. The number of ether oxygens (including phenoxy) is 1. The molecule has 0 aliphatic carbocycles. The van der Waals surface area contributed by atoms with E-state index in [1.807, 2.05) is 20.0 Å². The summed E-state index contributed by atoms with van der Waals surface area (Å²) >= 11 is 0. The number of aromatic nitrogens is 2. The van der Waals surface area contributed by atoms with Gasteiger partial charge < -0.3 is 15.4 Å². The SMILES string of the molecule is Cc1cc(NC(=O)CC2COCCN2)n(C)n1. The first-order valence-electron chi connectivity index (χ1n) is 5.77. The van der Waals surface area contributed by atoms with Gasteiger partial charge in [0.05, 0.1) is 18.9 Å². The Hall–Kier alpha value is -1.40. The zero-order chi connectivity index (χ0) is 12.3. The van der Waals surface area contributed by atoms with Crippen molar-refractivity contribution < 1.29 is 9.53 Å². The summed E-state index contributed by atoms with van der Waals surface area (Å²) in [6.07, 6.45) is 0.421. The van der Waals surface area contributed by atoms with Crippen LogP contribution in [0, 0.1) is 6.92 Å². The number of hydrogen-bond donors (Lipinski definition) is 2. The maximum Gasteiger partial charge on any atom is 0.227 e. The van der Waals surface area contributed by atoms with Gasteiger partial charge in [-0.25, -0.2) is 0 Å². The van der Waals surface area contributed by atoms with E-state index >= 15 is 0 Å². The molecule has 1 aromatic rings. The number of anilines is 1. The average molecular weight is 238 g/mol. The van der Waals surface area contributed by atoms with E-state index in [1.54, 1.807) is 4.68 Å². The first-order valence-corrected chi connectivity index (χ1v) is 5.77. The number of nitrogens with zero attached hydrogens (tertiary/aromatic N) is 2. The van der Waals surface area contributed by atoms with Crippen LogP contribution in [0.3, 0.4) is 0 Å². The van der Waals surface area contributed by atoms with Gasteiger partial charge in [0.2, 0.25) is 5.91 Å². The molecule has 1 aromatic heterocycles. The van der Waals surface area contributed by atoms with Crippen molar-refractivity contribution in [3.8, 4) is 0 Å². The summed E-state index contributed by atoms with van der Waals surface area (Å²) in [5, 5.41) is 10.3. The van der Waals surface area contributed by atoms with Crippen LogP contribution in [0.5, 0.6) is 0 Å². The molecule has 1 saturated heterocycles. The highest BCUT2D eigenvalue weighted by Gasteiger charge is 2.17. The van der Waals surface area contributed by atoms with E-state index in [9.17, 15) is 4.79 Å². The topological polar surface area (TPSA) is 68.2 Å². The Kier molecular flexibility index (Phi) is 3.75. The Morgan fingerprint density at radius 1 is 1.76 bits per heavy atom. The zero-order valence-corrected chi connectivity index (χ0v) is 10.2. The van der Waals surface area contributed by atoms with E-state index < -0.39 is 0 Å². The van der Waals surface area contributed by atoms with Gasteiger partial charge in [-0.05, 0) is 6.92 Å². The third kappa shape index (κ3) is 3.28. The summed E-state index contributed by atoms with van der Waals surface area (Å²) in [5.41, 5.74) is 0.891. The summed E-state index contributed by atoms with van der Waals surface area (Å²) in [5.74, 6) is 0.709. The molecule has 0 radical (unpaired) electrons. The largest absolute Gasteiger partial charge is 0.378 e. The molecule has 0 aromatic carbocycles. The van der Waals surface area contributed by atoms with E-state index in [0.717, 1.165) is 24.7 Å². The van der Waals surface area contributed by atoms with Crippen molar-refractivity contribution in [1.29, 1.82) is 0 Å². The molecular formula is C11H18N4O2. The lowest BCUT2D eigenvalue weighted by Gasteiger charge is -2.23. The van der Waals surface area contributed by atoms with E-state index in [2.05, 4.69) is 15.7 Å². The molecule has 1 unspecified atom stereocenters. The summed E-state index contributed by atoms with van der Waals surface area (Å²) in [4.78, 5) is 11.8. The Morgan fingerprint density at radius 3 is 3.18 bits per heavy atom. The minimum Gasteiger partial charge on any atom is -0.378 e. The maximum atomic E-state index is 11.8. The molecule has 2 N–H and O–H groups in total. The molecule has 1 atom stereocenters. The summed E-state index contributed by atoms with van der Waals surface area (Å²) < 4.78 is 6.97. The highest BCUT2D eigenvalue weighted by atomic mass is 16.5. The van der Waals surface area contributed by atoms with Gasteiger partial charge in [0.15, 0.2) is 0 Å². The lowest BCUT2D eigenvalue weighted by molar-refractivity contribution is -0.117. The molecule has 2 heterocycles.